The van der Waals surface area contributed by atoms with Gasteiger partial charge in [0.15, 0.2) is 11.7 Å². The molecule has 1 aliphatic rings. The Balaban J connectivity index is 1.73. The van der Waals surface area contributed by atoms with Crippen LogP contribution in [0.1, 0.15) is 92.4 Å². The first-order valence-electron chi connectivity index (χ1n) is 12.9. The Morgan fingerprint density at radius 2 is 1.59 bits per heavy atom. The predicted octanol–water partition coefficient (Wildman–Crippen LogP) is 3.03. The highest BCUT2D eigenvalue weighted by molar-refractivity contribution is 7.09. The third-order valence-corrected chi connectivity index (χ3v) is 7.34. The maximum atomic E-state index is 13.1. The van der Waals surface area contributed by atoms with E-state index in [1.807, 2.05) is 41.5 Å². The molecule has 13 heteroatoms. The second kappa shape index (κ2) is 12.7. The molecule has 39 heavy (non-hydrogen) atoms. The van der Waals surface area contributed by atoms with Gasteiger partial charge in [0.1, 0.15) is 29.1 Å². The minimum absolute atomic E-state index is 0.0262. The van der Waals surface area contributed by atoms with E-state index in [0.29, 0.717) is 10.9 Å². The molecular formula is C26H38N6O6S. The van der Waals surface area contributed by atoms with Crippen LogP contribution in [0.2, 0.25) is 0 Å². The average Bonchev–Trinajstić information content (AvgIpc) is 3.64. The molecule has 0 bridgehead atoms. The van der Waals surface area contributed by atoms with Crippen molar-refractivity contribution in [3.05, 3.63) is 33.9 Å². The number of ether oxygens (including phenoxy) is 2. The van der Waals surface area contributed by atoms with Gasteiger partial charge in [-0.2, -0.15) is 0 Å². The van der Waals surface area contributed by atoms with Gasteiger partial charge in [-0.15, -0.1) is 11.3 Å². The fourth-order valence-electron chi connectivity index (χ4n) is 3.87. The Morgan fingerprint density at radius 1 is 0.974 bits per heavy atom. The molecule has 214 valence electrons. The molecule has 1 unspecified atom stereocenters. The molecule has 0 spiro atoms. The van der Waals surface area contributed by atoms with Crippen molar-refractivity contribution in [2.45, 2.75) is 78.7 Å². The molecule has 0 aromatic carbocycles. The number of thiazole rings is 1. The number of carbonyl (C=O) groups excluding carboxylic acids is 3. The number of nitrogens with one attached hydrogen (secondary N) is 2. The number of hydrogen-bond acceptors (Lipinski definition) is 11. The fourth-order valence-corrected chi connectivity index (χ4v) is 4.89. The van der Waals surface area contributed by atoms with Crippen molar-refractivity contribution in [2.24, 2.45) is 28.5 Å². The molecular weight excluding hydrogens is 524 g/mol. The summed E-state index contributed by atoms with van der Waals surface area (Å²) >= 11 is 1.27. The first-order valence-corrected chi connectivity index (χ1v) is 13.8. The van der Waals surface area contributed by atoms with Crippen molar-refractivity contribution in [3.8, 4) is 0 Å². The zero-order chi connectivity index (χ0) is 29.0. The summed E-state index contributed by atoms with van der Waals surface area (Å²) in [5, 5.41) is 8.07. The van der Waals surface area contributed by atoms with Crippen LogP contribution in [0.3, 0.4) is 0 Å². The van der Waals surface area contributed by atoms with Crippen molar-refractivity contribution in [3.63, 3.8) is 0 Å². The molecule has 3 rings (SSSR count). The lowest BCUT2D eigenvalue weighted by molar-refractivity contribution is -0.143. The van der Waals surface area contributed by atoms with Crippen LogP contribution in [0.5, 0.6) is 0 Å². The van der Waals surface area contributed by atoms with Crippen molar-refractivity contribution >= 4 is 35.0 Å². The number of rotatable bonds is 11. The molecule has 0 saturated carbocycles. The molecule has 4 N–H and O–H groups in total. The quantitative estimate of drug-likeness (QED) is 0.348. The van der Waals surface area contributed by atoms with Crippen LogP contribution in [-0.4, -0.2) is 58.9 Å². The summed E-state index contributed by atoms with van der Waals surface area (Å²) in [7, 11) is 1.29. The largest absolute Gasteiger partial charge is 0.474 e. The Bertz CT molecular complexity index is 1210. The number of oxazole rings is 1. The van der Waals surface area contributed by atoms with Gasteiger partial charge in [-0.1, -0.05) is 41.5 Å². The summed E-state index contributed by atoms with van der Waals surface area (Å²) in [6.07, 6.45) is 0.782. The summed E-state index contributed by atoms with van der Waals surface area (Å²) in [4.78, 5) is 51.2. The lowest BCUT2D eigenvalue weighted by Crippen LogP contribution is -2.45. The first kappa shape index (κ1) is 30.2. The normalized spacial score (nSPS) is 19.4. The van der Waals surface area contributed by atoms with Gasteiger partial charge in [-0.3, -0.25) is 9.59 Å². The molecule has 0 fully saturated rings. The van der Waals surface area contributed by atoms with E-state index in [9.17, 15) is 14.4 Å². The van der Waals surface area contributed by atoms with E-state index in [4.69, 9.17) is 19.6 Å². The van der Waals surface area contributed by atoms with Gasteiger partial charge in [0, 0.05) is 5.38 Å². The van der Waals surface area contributed by atoms with Gasteiger partial charge in [-0.25, -0.2) is 19.8 Å². The first-order chi connectivity index (χ1) is 18.3. The topological polar surface area (TPSA) is 171 Å². The minimum Gasteiger partial charge on any atom is -0.474 e. The summed E-state index contributed by atoms with van der Waals surface area (Å²) in [6, 6.07) is -2.24. The van der Waals surface area contributed by atoms with Crippen LogP contribution in [0, 0.1) is 17.8 Å². The van der Waals surface area contributed by atoms with E-state index in [0.717, 1.165) is 0 Å². The van der Waals surface area contributed by atoms with Gasteiger partial charge in [0.25, 0.3) is 11.8 Å². The number of esters is 1. The van der Waals surface area contributed by atoms with Crippen LogP contribution >= 0.6 is 11.3 Å². The fraction of sp³-hybridized carbons (Fsp3) is 0.615. The predicted molar refractivity (Wildman–Crippen MR) is 145 cm³/mol. The highest BCUT2D eigenvalue weighted by Gasteiger charge is 2.38. The van der Waals surface area contributed by atoms with Crippen LogP contribution in [0.15, 0.2) is 21.1 Å². The van der Waals surface area contributed by atoms with Crippen LogP contribution in [0.25, 0.3) is 0 Å². The van der Waals surface area contributed by atoms with E-state index in [2.05, 4.69) is 25.6 Å². The van der Waals surface area contributed by atoms with Gasteiger partial charge < -0.3 is 30.3 Å². The third kappa shape index (κ3) is 7.01. The molecule has 12 nitrogen and oxygen atoms in total. The summed E-state index contributed by atoms with van der Waals surface area (Å²) in [5.41, 5.74) is 6.40. The average molecular weight is 563 g/mol. The van der Waals surface area contributed by atoms with E-state index >= 15 is 0 Å². The number of methoxy groups -OCH3 is 1. The molecule has 0 aliphatic carbocycles. The van der Waals surface area contributed by atoms with Crippen LogP contribution < -0.4 is 16.4 Å². The van der Waals surface area contributed by atoms with Gasteiger partial charge >= 0.3 is 5.97 Å². The molecule has 3 heterocycles. The van der Waals surface area contributed by atoms with Crippen LogP contribution in [-0.2, 0) is 14.3 Å². The molecule has 0 saturated heterocycles. The molecule has 1 aliphatic heterocycles. The number of carbonyl (C=O) groups is 3. The number of amides is 2. The van der Waals surface area contributed by atoms with Crippen molar-refractivity contribution < 1.29 is 28.3 Å². The van der Waals surface area contributed by atoms with Crippen molar-refractivity contribution in [1.82, 2.24) is 20.6 Å². The Kier molecular flexibility index (Phi) is 9.83. The second-order valence-corrected chi connectivity index (χ2v) is 11.5. The van der Waals surface area contributed by atoms with Crippen molar-refractivity contribution in [1.29, 1.82) is 0 Å². The number of hydrogen-bond donors (Lipinski definition) is 3. The summed E-state index contributed by atoms with van der Waals surface area (Å²) < 4.78 is 16.0. The second-order valence-electron chi connectivity index (χ2n) is 10.6. The van der Waals surface area contributed by atoms with Gasteiger partial charge in [0.2, 0.25) is 11.8 Å². The molecule has 2 aromatic heterocycles. The molecule has 2 aromatic rings. The Hall–Kier alpha value is -3.32. The highest BCUT2D eigenvalue weighted by Crippen LogP contribution is 2.27. The maximum absolute atomic E-state index is 13.1. The Morgan fingerprint density at radius 3 is 2.18 bits per heavy atom. The number of aliphatic imine (C=N–C) groups is 1. The van der Waals surface area contributed by atoms with Gasteiger partial charge in [0.05, 0.1) is 19.2 Å². The number of aromatic nitrogens is 2. The highest BCUT2D eigenvalue weighted by atomic mass is 32.1. The Labute approximate surface area is 232 Å². The smallest absolute Gasteiger partial charge is 0.334 e. The van der Waals surface area contributed by atoms with Crippen LogP contribution in [0.4, 0.5) is 0 Å². The van der Waals surface area contributed by atoms with Crippen molar-refractivity contribution in [2.75, 3.05) is 7.11 Å². The SMILES string of the molecule is COC(=O)C1N=C([C@@H](NC(=O)c2csc([C@@H](NC(=O)c3coc([C@@H](N)C(C)C)n3)C(C)C)n2)C(C)C)O[C@@H]1C. The third-order valence-electron chi connectivity index (χ3n) is 6.41. The monoisotopic (exact) mass is 562 g/mol. The lowest BCUT2D eigenvalue weighted by Gasteiger charge is -2.22. The maximum Gasteiger partial charge on any atom is 0.334 e. The van der Waals surface area contributed by atoms with E-state index in [-0.39, 0.29) is 35.0 Å². The van der Waals surface area contributed by atoms with E-state index < -0.39 is 48.1 Å². The summed E-state index contributed by atoms with van der Waals surface area (Å²) in [5.74, 6) is -0.777. The molecule has 0 radical (unpaired) electrons. The van der Waals surface area contributed by atoms with E-state index in [1.165, 1.54) is 24.7 Å². The number of nitrogens with two attached hydrogens (primary N) is 1. The molecule has 5 atom stereocenters. The summed E-state index contributed by atoms with van der Waals surface area (Å²) in [6.45, 7) is 13.3. The number of nitrogens with zero attached hydrogens (tertiary/aromatic N) is 3. The van der Waals surface area contributed by atoms with Gasteiger partial charge in [-0.05, 0) is 24.7 Å². The minimum atomic E-state index is -0.786. The zero-order valence-corrected chi connectivity index (χ0v) is 24.4. The molecule has 2 amide bonds. The zero-order valence-electron chi connectivity index (χ0n) is 23.6. The lowest BCUT2D eigenvalue weighted by atomic mass is 10.0. The van der Waals surface area contributed by atoms with E-state index in [1.54, 1.807) is 12.3 Å². The standard InChI is InChI=1S/C26H38N6O6S/c1-11(2)17(27)23-28-15(9-37-23)21(33)31-19(13(5)6)25-29-16(10-39-25)22(34)30-18(12(3)4)24-32-20(14(7)38-24)26(35)36-8/h9-14,17-20H,27H2,1-8H3,(H,30,34)(H,31,33)/t14-,17+,18+,19+,20?/m1/s1.